The van der Waals surface area contributed by atoms with E-state index in [9.17, 15) is 0 Å². The summed E-state index contributed by atoms with van der Waals surface area (Å²) in [5, 5.41) is 0. The van der Waals surface area contributed by atoms with Crippen LogP contribution in [0.5, 0.6) is 0 Å². The number of pyridine rings is 1. The highest BCUT2D eigenvalue weighted by molar-refractivity contribution is 4.97. The summed E-state index contributed by atoms with van der Waals surface area (Å²) in [6.45, 7) is 5.78. The predicted octanol–water partition coefficient (Wildman–Crippen LogP) is 9.36. The van der Waals surface area contributed by atoms with Gasteiger partial charge < -0.3 is 0 Å². The number of unbranched alkanes of at least 4 members (excludes halogenated alkanes) is 18. The zero-order valence-corrected chi connectivity index (χ0v) is 20.8. The lowest BCUT2D eigenvalue weighted by Gasteiger charge is -2.05. The second-order valence-electron chi connectivity index (χ2n) is 9.50. The molecule has 1 heteroatoms. The molecule has 0 fully saturated rings. The van der Waals surface area contributed by atoms with Gasteiger partial charge in [-0.15, -0.1) is 0 Å². The lowest BCUT2D eigenvalue weighted by molar-refractivity contribution is -0.704. The van der Waals surface area contributed by atoms with Crippen molar-refractivity contribution < 1.29 is 4.57 Å². The Morgan fingerprint density at radius 1 is 0.500 bits per heavy atom. The monoisotopic (exact) mass is 416 g/mol. The van der Waals surface area contributed by atoms with Gasteiger partial charge in [0.15, 0.2) is 11.9 Å². The number of aryl methyl sites for hydroxylation is 2. The minimum absolute atomic E-state index is 1.20. The van der Waals surface area contributed by atoms with Crippen molar-refractivity contribution in [2.24, 2.45) is 0 Å². The van der Waals surface area contributed by atoms with E-state index < -0.39 is 0 Å². The van der Waals surface area contributed by atoms with E-state index in [0.29, 0.717) is 0 Å². The first-order chi connectivity index (χ1) is 14.9. The van der Waals surface area contributed by atoms with Gasteiger partial charge in [0.2, 0.25) is 0 Å². The van der Waals surface area contributed by atoms with E-state index in [-0.39, 0.29) is 0 Å². The zero-order chi connectivity index (χ0) is 21.5. The van der Waals surface area contributed by atoms with E-state index in [0.717, 1.165) is 0 Å². The van der Waals surface area contributed by atoms with Crippen LogP contribution in [-0.4, -0.2) is 0 Å². The Morgan fingerprint density at radius 3 is 1.43 bits per heavy atom. The van der Waals surface area contributed by atoms with E-state index in [4.69, 9.17) is 0 Å². The summed E-state index contributed by atoms with van der Waals surface area (Å²) < 4.78 is 2.49. The maximum absolute atomic E-state index is 2.49. The molecule has 0 aliphatic rings. The van der Waals surface area contributed by atoms with Gasteiger partial charge >= 0.3 is 0 Å². The highest BCUT2D eigenvalue weighted by Gasteiger charge is 2.08. The van der Waals surface area contributed by atoms with E-state index in [1.54, 1.807) is 0 Å². The molecule has 0 aliphatic heterocycles. The van der Waals surface area contributed by atoms with Crippen LogP contribution in [0.4, 0.5) is 0 Å². The molecule has 0 amide bonds. The van der Waals surface area contributed by atoms with Gasteiger partial charge in [-0.25, -0.2) is 4.57 Å². The summed E-state index contributed by atoms with van der Waals surface area (Å²) in [6.07, 6.45) is 32.1. The predicted molar refractivity (Wildman–Crippen MR) is 134 cm³/mol. The van der Waals surface area contributed by atoms with Crippen molar-refractivity contribution in [3.8, 4) is 0 Å². The molecule has 174 valence electrons. The first-order valence-corrected chi connectivity index (χ1v) is 13.9. The van der Waals surface area contributed by atoms with Crippen LogP contribution in [0.3, 0.4) is 0 Å². The van der Waals surface area contributed by atoms with Gasteiger partial charge in [-0.2, -0.15) is 0 Å². The summed E-state index contributed by atoms with van der Waals surface area (Å²) >= 11 is 0. The van der Waals surface area contributed by atoms with Crippen LogP contribution >= 0.6 is 0 Å². The molecule has 1 aromatic rings. The standard InChI is InChI=1S/C29H54N/c1-3-5-7-8-9-10-11-12-13-14-15-16-17-18-19-20-21-25-29-26-22-24-28-30(29)27-23-6-4-2/h22,24,26,28H,3-21,23,25,27H2,1-2H3/q+1. The fourth-order valence-corrected chi connectivity index (χ4v) is 4.52. The van der Waals surface area contributed by atoms with Crippen LogP contribution in [0.15, 0.2) is 24.4 Å². The Kier molecular flexibility index (Phi) is 19.4. The van der Waals surface area contributed by atoms with Gasteiger partial charge in [0, 0.05) is 25.0 Å². The maximum atomic E-state index is 2.49. The molecule has 0 unspecified atom stereocenters. The van der Waals surface area contributed by atoms with E-state index in [1.807, 2.05) is 0 Å². The van der Waals surface area contributed by atoms with Crippen molar-refractivity contribution in [3.05, 3.63) is 30.1 Å². The smallest absolute Gasteiger partial charge is 0.181 e. The molecule has 0 spiro atoms. The minimum atomic E-state index is 1.20. The first-order valence-electron chi connectivity index (χ1n) is 13.9. The second-order valence-corrected chi connectivity index (χ2v) is 9.50. The Labute approximate surface area is 190 Å². The maximum Gasteiger partial charge on any atom is 0.181 e. The average Bonchev–Trinajstić information content (AvgIpc) is 2.77. The molecular weight excluding hydrogens is 362 g/mol. The molecule has 1 aromatic heterocycles. The highest BCUT2D eigenvalue weighted by Crippen LogP contribution is 2.14. The summed E-state index contributed by atoms with van der Waals surface area (Å²) in [5.74, 6) is 0. The molecule has 0 atom stereocenters. The number of hydrogen-bond donors (Lipinski definition) is 0. The van der Waals surface area contributed by atoms with Gasteiger partial charge in [-0.05, 0) is 12.8 Å². The van der Waals surface area contributed by atoms with Crippen LogP contribution in [0.1, 0.15) is 148 Å². The van der Waals surface area contributed by atoms with Crippen molar-refractivity contribution in [3.63, 3.8) is 0 Å². The molecule has 1 nitrogen and oxygen atoms in total. The van der Waals surface area contributed by atoms with Crippen molar-refractivity contribution >= 4 is 0 Å². The second kappa shape index (κ2) is 21.4. The quantitative estimate of drug-likeness (QED) is 0.131. The normalized spacial score (nSPS) is 11.3. The number of rotatable bonds is 22. The van der Waals surface area contributed by atoms with E-state index in [2.05, 4.69) is 42.8 Å². The van der Waals surface area contributed by atoms with Crippen molar-refractivity contribution in [2.45, 2.75) is 155 Å². The number of nitrogens with zero attached hydrogens (tertiary/aromatic N) is 1. The fraction of sp³-hybridized carbons (Fsp3) is 0.828. The van der Waals surface area contributed by atoms with Gasteiger partial charge in [-0.3, -0.25) is 0 Å². The first kappa shape index (κ1) is 27.2. The minimum Gasteiger partial charge on any atom is -0.202 e. The lowest BCUT2D eigenvalue weighted by atomic mass is 10.0. The summed E-state index contributed by atoms with van der Waals surface area (Å²) in [6, 6.07) is 6.72. The SMILES string of the molecule is CCCCCCCCCCCCCCCCCCCc1cccc[n+]1CCCCC. The molecule has 0 aromatic carbocycles. The third-order valence-corrected chi connectivity index (χ3v) is 6.57. The molecule has 1 heterocycles. The highest BCUT2D eigenvalue weighted by atomic mass is 14.9. The molecule has 0 saturated heterocycles. The largest absolute Gasteiger partial charge is 0.202 e. The molecule has 0 radical (unpaired) electrons. The summed E-state index contributed by atoms with van der Waals surface area (Å²) in [5.41, 5.74) is 1.54. The molecule has 0 aliphatic carbocycles. The average molecular weight is 417 g/mol. The number of hydrogen-bond acceptors (Lipinski definition) is 0. The van der Waals surface area contributed by atoms with E-state index in [1.165, 1.54) is 147 Å². The molecule has 30 heavy (non-hydrogen) atoms. The molecule has 1 rings (SSSR count). The van der Waals surface area contributed by atoms with Crippen molar-refractivity contribution in [1.29, 1.82) is 0 Å². The van der Waals surface area contributed by atoms with Crippen LogP contribution in [0, 0.1) is 0 Å². The molecule has 0 bridgehead atoms. The fourth-order valence-electron chi connectivity index (χ4n) is 4.52. The van der Waals surface area contributed by atoms with Crippen LogP contribution in [-0.2, 0) is 13.0 Å². The topological polar surface area (TPSA) is 3.88 Å². The third-order valence-electron chi connectivity index (χ3n) is 6.57. The van der Waals surface area contributed by atoms with Crippen LogP contribution in [0.2, 0.25) is 0 Å². The summed E-state index contributed by atoms with van der Waals surface area (Å²) in [7, 11) is 0. The van der Waals surface area contributed by atoms with Crippen LogP contribution in [0.25, 0.3) is 0 Å². The van der Waals surface area contributed by atoms with Crippen molar-refractivity contribution in [1.82, 2.24) is 0 Å². The van der Waals surface area contributed by atoms with Gasteiger partial charge in [0.25, 0.3) is 0 Å². The molecular formula is C29H54N+. The van der Waals surface area contributed by atoms with Gasteiger partial charge in [0.1, 0.15) is 6.54 Å². The van der Waals surface area contributed by atoms with Crippen LogP contribution < -0.4 is 4.57 Å². The van der Waals surface area contributed by atoms with E-state index >= 15 is 0 Å². The van der Waals surface area contributed by atoms with Gasteiger partial charge in [-0.1, -0.05) is 129 Å². The summed E-state index contributed by atoms with van der Waals surface area (Å²) in [4.78, 5) is 0. The molecule has 0 saturated carbocycles. The lowest BCUT2D eigenvalue weighted by Crippen LogP contribution is -2.37. The Morgan fingerprint density at radius 2 is 0.933 bits per heavy atom. The molecule has 0 N–H and O–H groups in total. The van der Waals surface area contributed by atoms with Crippen molar-refractivity contribution in [2.75, 3.05) is 0 Å². The Bertz CT molecular complexity index is 467. The van der Waals surface area contributed by atoms with Gasteiger partial charge in [0.05, 0.1) is 0 Å². The Balaban J connectivity index is 1.86. The third kappa shape index (κ3) is 15.9. The Hall–Kier alpha value is -0.850. The zero-order valence-electron chi connectivity index (χ0n) is 20.8. The number of aromatic nitrogens is 1.